The van der Waals surface area contributed by atoms with E-state index in [1.807, 2.05) is 17.0 Å². The van der Waals surface area contributed by atoms with E-state index in [1.165, 1.54) is 0 Å². The van der Waals surface area contributed by atoms with Crippen molar-refractivity contribution in [1.29, 1.82) is 0 Å². The number of nitrogen functional groups attached to an aromatic ring is 1. The molecule has 0 aliphatic carbocycles. The molecule has 0 spiro atoms. The van der Waals surface area contributed by atoms with Gasteiger partial charge in [0.1, 0.15) is 5.82 Å². The Morgan fingerprint density at radius 2 is 1.72 bits per heavy atom. The fraction of sp³-hybridized carbons (Fsp3) is 0.280. The Bertz CT molecular complexity index is 1290. The van der Waals surface area contributed by atoms with Crippen LogP contribution in [-0.2, 0) is 9.59 Å². The van der Waals surface area contributed by atoms with Crippen molar-refractivity contribution in [1.82, 2.24) is 14.9 Å². The molecule has 188 valence electrons. The van der Waals surface area contributed by atoms with Crippen LogP contribution in [0.2, 0.25) is 0 Å². The Hall–Kier alpha value is -3.86. The Balaban J connectivity index is 1.38. The van der Waals surface area contributed by atoms with Crippen molar-refractivity contribution >= 4 is 62.2 Å². The maximum Gasteiger partial charge on any atom is 0.246 e. The highest BCUT2D eigenvalue weighted by atomic mass is 79.9. The van der Waals surface area contributed by atoms with Crippen LogP contribution in [0.1, 0.15) is 5.56 Å². The van der Waals surface area contributed by atoms with Crippen molar-refractivity contribution in [2.75, 3.05) is 61.7 Å². The van der Waals surface area contributed by atoms with Gasteiger partial charge in [-0.05, 0) is 29.8 Å². The average molecular weight is 555 g/mol. The van der Waals surface area contributed by atoms with Gasteiger partial charge in [0.2, 0.25) is 17.8 Å². The summed E-state index contributed by atoms with van der Waals surface area (Å²) in [5.41, 5.74) is 8.45. The van der Waals surface area contributed by atoms with E-state index in [-0.39, 0.29) is 17.1 Å². The van der Waals surface area contributed by atoms with Crippen LogP contribution in [0.25, 0.3) is 17.0 Å². The molecule has 1 aliphatic heterocycles. The monoisotopic (exact) mass is 554 g/mol. The van der Waals surface area contributed by atoms with Crippen LogP contribution in [0, 0.1) is 0 Å². The number of alkyl halides is 1. The predicted molar refractivity (Wildman–Crippen MR) is 144 cm³/mol. The Labute approximate surface area is 217 Å². The van der Waals surface area contributed by atoms with E-state index in [0.717, 1.165) is 5.56 Å². The number of aromatic nitrogens is 2. The second-order valence-corrected chi connectivity index (χ2v) is 8.64. The number of nitrogens with one attached hydrogen (secondary N) is 1. The van der Waals surface area contributed by atoms with Crippen molar-refractivity contribution in [3.05, 3.63) is 48.0 Å². The van der Waals surface area contributed by atoms with E-state index in [9.17, 15) is 9.59 Å². The first-order valence-electron chi connectivity index (χ1n) is 11.3. The molecular formula is C25H27BrN6O4. The molecule has 2 amide bonds. The minimum absolute atomic E-state index is 0.0675. The number of halogens is 1. The number of hydrogen-bond donors (Lipinski definition) is 2. The highest BCUT2D eigenvalue weighted by Crippen LogP contribution is 2.34. The minimum atomic E-state index is -0.121. The van der Waals surface area contributed by atoms with Crippen molar-refractivity contribution in [2.45, 2.75) is 0 Å². The highest BCUT2D eigenvalue weighted by Gasteiger charge is 2.22. The largest absolute Gasteiger partial charge is 0.493 e. The van der Waals surface area contributed by atoms with Gasteiger partial charge >= 0.3 is 0 Å². The molecule has 0 saturated carbocycles. The third-order valence-electron chi connectivity index (χ3n) is 5.83. The summed E-state index contributed by atoms with van der Waals surface area (Å²) in [4.78, 5) is 37.1. The number of anilines is 3. The predicted octanol–water partition coefficient (Wildman–Crippen LogP) is 2.92. The first kappa shape index (κ1) is 25.2. The number of piperazine rings is 1. The SMILES string of the molecule is COc1cc2nc(N3CCN(C(=O)/C=C/c4ccc(NC(=O)CBr)cc4)CC3)nc(N)c2cc1OC. The fourth-order valence-corrected chi connectivity index (χ4v) is 4.02. The van der Waals surface area contributed by atoms with Crippen LogP contribution in [0.3, 0.4) is 0 Å². The van der Waals surface area contributed by atoms with Gasteiger partial charge in [0.25, 0.3) is 0 Å². The number of nitrogens with two attached hydrogens (primary N) is 1. The minimum Gasteiger partial charge on any atom is -0.493 e. The Morgan fingerprint density at radius 1 is 1.06 bits per heavy atom. The quantitative estimate of drug-likeness (QED) is 0.337. The van der Waals surface area contributed by atoms with E-state index in [4.69, 9.17) is 15.2 Å². The first-order chi connectivity index (χ1) is 17.4. The second-order valence-electron chi connectivity index (χ2n) is 8.08. The molecule has 1 aromatic heterocycles. The molecule has 4 rings (SSSR count). The molecule has 2 aromatic carbocycles. The molecule has 3 aromatic rings. The third kappa shape index (κ3) is 5.68. The molecule has 0 unspecified atom stereocenters. The van der Waals surface area contributed by atoms with Crippen LogP contribution in [0.15, 0.2) is 42.5 Å². The molecule has 1 saturated heterocycles. The number of fused-ring (bicyclic) bond motifs is 1. The molecule has 3 N–H and O–H groups in total. The molecule has 1 fully saturated rings. The van der Waals surface area contributed by atoms with Gasteiger partial charge in [0.05, 0.1) is 25.1 Å². The second kappa shape index (κ2) is 11.3. The number of benzene rings is 2. The zero-order valence-electron chi connectivity index (χ0n) is 20.0. The van der Waals surface area contributed by atoms with E-state index in [2.05, 4.69) is 31.2 Å². The molecule has 0 atom stereocenters. The smallest absolute Gasteiger partial charge is 0.246 e. The summed E-state index contributed by atoms with van der Waals surface area (Å²) in [5, 5.41) is 3.68. The summed E-state index contributed by atoms with van der Waals surface area (Å²) in [7, 11) is 3.13. The summed E-state index contributed by atoms with van der Waals surface area (Å²) in [6.07, 6.45) is 3.32. The fourth-order valence-electron chi connectivity index (χ4n) is 3.88. The van der Waals surface area contributed by atoms with Gasteiger partial charge in [0, 0.05) is 49.4 Å². The van der Waals surface area contributed by atoms with Crippen LogP contribution in [0.4, 0.5) is 17.5 Å². The number of carbonyl (C=O) groups is 2. The van der Waals surface area contributed by atoms with E-state index in [1.54, 1.807) is 55.5 Å². The van der Waals surface area contributed by atoms with Gasteiger partial charge in [-0.3, -0.25) is 9.59 Å². The van der Waals surface area contributed by atoms with Crippen molar-refractivity contribution in [3.63, 3.8) is 0 Å². The van der Waals surface area contributed by atoms with Crippen LogP contribution >= 0.6 is 15.9 Å². The molecule has 0 radical (unpaired) electrons. The Kier molecular flexibility index (Phi) is 7.89. The third-order valence-corrected chi connectivity index (χ3v) is 6.34. The van der Waals surface area contributed by atoms with Crippen LogP contribution in [-0.4, -0.2) is 72.4 Å². The first-order valence-corrected chi connectivity index (χ1v) is 12.4. The van der Waals surface area contributed by atoms with Gasteiger partial charge in [-0.1, -0.05) is 28.1 Å². The van der Waals surface area contributed by atoms with Crippen LogP contribution in [0.5, 0.6) is 11.5 Å². The van der Waals surface area contributed by atoms with Gasteiger partial charge in [0.15, 0.2) is 11.5 Å². The summed E-state index contributed by atoms with van der Waals surface area (Å²) in [6, 6.07) is 10.8. The lowest BCUT2D eigenvalue weighted by atomic mass is 10.2. The number of amides is 2. The average Bonchev–Trinajstić information content (AvgIpc) is 2.91. The molecular weight excluding hydrogens is 528 g/mol. The molecule has 2 heterocycles. The number of nitrogens with zero attached hydrogens (tertiary/aromatic N) is 4. The normalized spacial score (nSPS) is 13.8. The standard InChI is InChI=1S/C25H27BrN6O4/c1-35-20-13-18-19(14-21(20)36-2)29-25(30-24(18)27)32-11-9-31(10-12-32)23(34)8-5-16-3-6-17(7-4-16)28-22(33)15-26/h3-8,13-14H,9-12,15H2,1-2H3,(H,28,33)(H2,27,29,30)/b8-5+. The molecule has 36 heavy (non-hydrogen) atoms. The lowest BCUT2D eigenvalue weighted by Crippen LogP contribution is -2.48. The van der Waals surface area contributed by atoms with E-state index < -0.39 is 0 Å². The van der Waals surface area contributed by atoms with Crippen LogP contribution < -0.4 is 25.4 Å². The molecule has 11 heteroatoms. The summed E-state index contributed by atoms with van der Waals surface area (Å²) in [6.45, 7) is 2.24. The maximum atomic E-state index is 12.7. The summed E-state index contributed by atoms with van der Waals surface area (Å²) in [5.74, 6) is 1.81. The van der Waals surface area contributed by atoms with Crippen molar-refractivity contribution in [3.8, 4) is 11.5 Å². The summed E-state index contributed by atoms with van der Waals surface area (Å²) >= 11 is 3.12. The molecule has 10 nitrogen and oxygen atoms in total. The van der Waals surface area contributed by atoms with Gasteiger partial charge in [-0.2, -0.15) is 4.98 Å². The van der Waals surface area contributed by atoms with E-state index >= 15 is 0 Å². The summed E-state index contributed by atoms with van der Waals surface area (Å²) < 4.78 is 10.7. The maximum absolute atomic E-state index is 12.7. The number of hydrogen-bond acceptors (Lipinski definition) is 8. The number of methoxy groups -OCH3 is 2. The van der Waals surface area contributed by atoms with Crippen molar-refractivity contribution in [2.24, 2.45) is 0 Å². The Morgan fingerprint density at radius 3 is 2.36 bits per heavy atom. The highest BCUT2D eigenvalue weighted by molar-refractivity contribution is 9.09. The van der Waals surface area contributed by atoms with Crippen molar-refractivity contribution < 1.29 is 19.1 Å². The van der Waals surface area contributed by atoms with Gasteiger partial charge in [-0.15, -0.1) is 0 Å². The van der Waals surface area contributed by atoms with E-state index in [0.29, 0.717) is 66.0 Å². The molecule has 1 aliphatic rings. The zero-order valence-corrected chi connectivity index (χ0v) is 21.6. The molecule has 0 bridgehead atoms. The topological polar surface area (TPSA) is 123 Å². The lowest BCUT2D eigenvalue weighted by Gasteiger charge is -2.34. The number of carbonyl (C=O) groups excluding carboxylic acids is 2. The van der Waals surface area contributed by atoms with Gasteiger partial charge in [-0.25, -0.2) is 4.98 Å². The number of rotatable bonds is 7. The number of ether oxygens (including phenoxy) is 2. The zero-order chi connectivity index (χ0) is 25.7. The lowest BCUT2D eigenvalue weighted by molar-refractivity contribution is -0.126. The van der Waals surface area contributed by atoms with Gasteiger partial charge < -0.3 is 30.3 Å².